The molecule has 0 saturated carbocycles. The van der Waals surface area contributed by atoms with E-state index in [9.17, 15) is 10.2 Å². The Morgan fingerprint density at radius 3 is 1.45 bits per heavy atom. The van der Waals surface area contributed by atoms with Crippen molar-refractivity contribution >= 4 is 11.8 Å². The Morgan fingerprint density at radius 2 is 1.02 bits per heavy atom. The summed E-state index contributed by atoms with van der Waals surface area (Å²) < 4.78 is 0. The summed E-state index contributed by atoms with van der Waals surface area (Å²) in [5.41, 5.74) is 5.12. The van der Waals surface area contributed by atoms with Crippen LogP contribution in [0.5, 0.6) is 17.2 Å². The van der Waals surface area contributed by atoms with E-state index in [1.54, 1.807) is 12.1 Å². The number of aromatic hydroxyl groups is 3. The van der Waals surface area contributed by atoms with Crippen LogP contribution >= 0.6 is 11.8 Å². The van der Waals surface area contributed by atoms with Gasteiger partial charge in [-0.05, 0) is 78.5 Å². The molecule has 0 saturated heterocycles. The lowest BCUT2D eigenvalue weighted by atomic mass is 9.85. The minimum absolute atomic E-state index is 0.142. The first kappa shape index (κ1) is 33.6. The van der Waals surface area contributed by atoms with Crippen molar-refractivity contribution in [2.24, 2.45) is 0 Å². The van der Waals surface area contributed by atoms with Crippen molar-refractivity contribution < 1.29 is 15.3 Å². The van der Waals surface area contributed by atoms with Gasteiger partial charge in [-0.2, -0.15) is 0 Å². The van der Waals surface area contributed by atoms with E-state index >= 15 is 0 Å². The van der Waals surface area contributed by atoms with Gasteiger partial charge in [-0.25, -0.2) is 0 Å². The van der Waals surface area contributed by atoms with Crippen molar-refractivity contribution in [1.82, 2.24) is 0 Å². The van der Waals surface area contributed by atoms with Gasteiger partial charge >= 0.3 is 0 Å². The number of phenols is 3. The first-order valence-corrected chi connectivity index (χ1v) is 15.6. The number of hydrogen-bond donors (Lipinski definition) is 3. The van der Waals surface area contributed by atoms with Gasteiger partial charge in [0.15, 0.2) is 0 Å². The second-order valence-electron chi connectivity index (χ2n) is 13.1. The van der Waals surface area contributed by atoms with Gasteiger partial charge in [0.05, 0.1) is 9.79 Å². The SMILES string of the molecule is CCCCCCCCc1ccc(O)cc1.Cc1cc(Sc2cc(C)cc(C(C)(C)C)c2O)c(O)c(C(C)(C)C)c1. The molecule has 0 aliphatic heterocycles. The maximum absolute atomic E-state index is 10.8. The average Bonchev–Trinajstić information content (AvgIpc) is 2.85. The highest BCUT2D eigenvalue weighted by molar-refractivity contribution is 7.99. The van der Waals surface area contributed by atoms with Gasteiger partial charge < -0.3 is 15.3 Å². The number of benzene rings is 3. The smallest absolute Gasteiger partial charge is 0.133 e. The zero-order valence-electron chi connectivity index (χ0n) is 26.3. The third-order valence-corrected chi connectivity index (χ3v) is 8.09. The third kappa shape index (κ3) is 10.4. The van der Waals surface area contributed by atoms with E-state index in [2.05, 4.69) is 48.5 Å². The molecule has 0 aliphatic carbocycles. The van der Waals surface area contributed by atoms with Crippen molar-refractivity contribution in [2.45, 2.75) is 128 Å². The Labute approximate surface area is 248 Å². The second kappa shape index (κ2) is 14.9. The molecular weight excluding hydrogens is 512 g/mol. The Morgan fingerprint density at radius 1 is 0.600 bits per heavy atom. The molecular formula is C36H52O3S. The predicted molar refractivity (Wildman–Crippen MR) is 172 cm³/mol. The van der Waals surface area contributed by atoms with Crippen LogP contribution in [0.1, 0.15) is 115 Å². The van der Waals surface area contributed by atoms with Gasteiger partial charge in [-0.3, -0.25) is 0 Å². The highest BCUT2D eigenvalue weighted by Crippen LogP contribution is 2.46. The number of aryl methyl sites for hydroxylation is 3. The topological polar surface area (TPSA) is 60.7 Å². The van der Waals surface area contributed by atoms with Gasteiger partial charge in [0, 0.05) is 11.1 Å². The Balaban J connectivity index is 0.000000319. The van der Waals surface area contributed by atoms with Crippen LogP contribution in [-0.4, -0.2) is 15.3 Å². The summed E-state index contributed by atoms with van der Waals surface area (Å²) >= 11 is 1.43. The van der Waals surface area contributed by atoms with E-state index in [4.69, 9.17) is 5.11 Å². The molecule has 40 heavy (non-hydrogen) atoms. The Hall–Kier alpha value is -2.59. The van der Waals surface area contributed by atoms with Gasteiger partial charge in [0.25, 0.3) is 0 Å². The maximum Gasteiger partial charge on any atom is 0.133 e. The zero-order valence-corrected chi connectivity index (χ0v) is 27.1. The van der Waals surface area contributed by atoms with Crippen LogP contribution in [0.3, 0.4) is 0 Å². The molecule has 0 aromatic heterocycles. The number of phenolic OH excluding ortho intramolecular Hbond substituents is 3. The first-order chi connectivity index (χ1) is 18.6. The number of rotatable bonds is 9. The zero-order chi connectivity index (χ0) is 30.1. The highest BCUT2D eigenvalue weighted by Gasteiger charge is 2.24. The Kier molecular flexibility index (Phi) is 12.5. The van der Waals surface area contributed by atoms with Gasteiger partial charge in [0.2, 0.25) is 0 Å². The molecule has 0 spiro atoms. The molecule has 0 amide bonds. The molecule has 0 aliphatic rings. The van der Waals surface area contributed by atoms with Crippen molar-refractivity contribution in [1.29, 1.82) is 0 Å². The Bertz CT molecular complexity index is 1150. The molecule has 0 heterocycles. The molecule has 220 valence electrons. The van der Waals surface area contributed by atoms with Crippen LogP contribution in [0.15, 0.2) is 58.3 Å². The molecule has 0 atom stereocenters. The van der Waals surface area contributed by atoms with Gasteiger partial charge in [0.1, 0.15) is 17.2 Å². The van der Waals surface area contributed by atoms with Crippen molar-refractivity contribution in [3.05, 3.63) is 76.3 Å². The first-order valence-electron chi connectivity index (χ1n) is 14.8. The van der Waals surface area contributed by atoms with Gasteiger partial charge in [-0.15, -0.1) is 0 Å². The van der Waals surface area contributed by atoms with Crippen LogP contribution in [0.4, 0.5) is 0 Å². The molecule has 3 aromatic carbocycles. The summed E-state index contributed by atoms with van der Waals surface area (Å²) in [5, 5.41) is 30.7. The van der Waals surface area contributed by atoms with Crippen LogP contribution in [0, 0.1) is 13.8 Å². The molecule has 3 N–H and O–H groups in total. The van der Waals surface area contributed by atoms with E-state index in [-0.39, 0.29) is 10.8 Å². The maximum atomic E-state index is 10.8. The van der Waals surface area contributed by atoms with Crippen LogP contribution in [0.25, 0.3) is 0 Å². The van der Waals surface area contributed by atoms with Crippen LogP contribution in [0.2, 0.25) is 0 Å². The molecule has 3 nitrogen and oxygen atoms in total. The molecule has 4 heteroatoms. The van der Waals surface area contributed by atoms with Crippen molar-refractivity contribution in [3.63, 3.8) is 0 Å². The fraction of sp³-hybridized carbons (Fsp3) is 0.500. The van der Waals surface area contributed by atoms with E-state index in [0.717, 1.165) is 38.5 Å². The normalized spacial score (nSPS) is 11.7. The molecule has 0 fully saturated rings. The summed E-state index contributed by atoms with van der Waals surface area (Å²) in [6.07, 6.45) is 9.19. The summed E-state index contributed by atoms with van der Waals surface area (Å²) in [4.78, 5) is 1.57. The molecule has 0 bridgehead atoms. The molecule has 0 unspecified atom stereocenters. The lowest BCUT2D eigenvalue weighted by molar-refractivity contribution is 0.432. The third-order valence-electron chi connectivity index (χ3n) is 7.03. The predicted octanol–water partition coefficient (Wildman–Crippen LogP) is 10.8. The average molecular weight is 565 g/mol. The van der Waals surface area contributed by atoms with Crippen LogP contribution < -0.4 is 0 Å². The fourth-order valence-corrected chi connectivity index (χ4v) is 5.82. The molecule has 0 radical (unpaired) electrons. The van der Waals surface area contributed by atoms with Crippen LogP contribution in [-0.2, 0) is 17.3 Å². The number of unbranched alkanes of at least 4 members (excludes halogenated alkanes) is 5. The fourth-order valence-electron chi connectivity index (χ4n) is 4.68. The summed E-state index contributed by atoms with van der Waals surface area (Å²) in [5.74, 6) is 0.976. The van der Waals surface area contributed by atoms with E-state index in [1.165, 1.54) is 55.9 Å². The molecule has 3 aromatic rings. The monoisotopic (exact) mass is 564 g/mol. The second-order valence-corrected chi connectivity index (χ2v) is 14.2. The standard InChI is InChI=1S/C22H30O2S.C14H22O/c1-13-9-15(21(3,4)5)19(23)17(11-13)25-18-12-14(2)10-16(20(18)24)22(6,7)8;1-2-3-4-5-6-7-8-13-9-11-14(15)12-10-13/h9-12,23-24H,1-8H3;9-12,15H,2-8H2,1H3. The lowest BCUT2D eigenvalue weighted by Crippen LogP contribution is -2.12. The van der Waals surface area contributed by atoms with Crippen molar-refractivity contribution in [3.8, 4) is 17.2 Å². The quantitative estimate of drug-likeness (QED) is 0.226. The number of hydrogen-bond acceptors (Lipinski definition) is 4. The minimum atomic E-state index is -0.142. The minimum Gasteiger partial charge on any atom is -0.508 e. The summed E-state index contributed by atoms with van der Waals surface area (Å²) in [6, 6.07) is 15.6. The highest BCUT2D eigenvalue weighted by atomic mass is 32.2. The molecule has 3 rings (SSSR count). The largest absolute Gasteiger partial charge is 0.508 e. The summed E-state index contributed by atoms with van der Waals surface area (Å²) in [7, 11) is 0. The van der Waals surface area contributed by atoms with E-state index in [0.29, 0.717) is 17.2 Å². The van der Waals surface area contributed by atoms with E-state index < -0.39 is 0 Å². The van der Waals surface area contributed by atoms with Gasteiger partial charge in [-0.1, -0.05) is 117 Å². The van der Waals surface area contributed by atoms with E-state index in [1.807, 2.05) is 50.2 Å². The summed E-state index contributed by atoms with van der Waals surface area (Å²) in [6.45, 7) is 18.9. The lowest BCUT2D eigenvalue weighted by Gasteiger charge is -2.24. The van der Waals surface area contributed by atoms with Crippen molar-refractivity contribution in [2.75, 3.05) is 0 Å².